The third-order valence-electron chi connectivity index (χ3n) is 5.66. The van der Waals surface area contributed by atoms with Crippen molar-refractivity contribution < 1.29 is 4.52 Å². The molecular weight excluding hydrogens is 372 g/mol. The molecule has 5 aromatic rings. The Labute approximate surface area is 175 Å². The van der Waals surface area contributed by atoms with E-state index in [1.165, 1.54) is 5.56 Å². The minimum atomic E-state index is 0.154. The predicted octanol–water partition coefficient (Wildman–Crippen LogP) is 5.98. The molecule has 0 bridgehead atoms. The molecule has 0 aliphatic carbocycles. The van der Waals surface area contributed by atoms with Crippen LogP contribution in [-0.4, -0.2) is 19.7 Å². The normalized spacial score (nSPS) is 12.4. The van der Waals surface area contributed by atoms with E-state index in [0.717, 1.165) is 44.7 Å². The molecule has 0 saturated carbocycles. The van der Waals surface area contributed by atoms with Crippen molar-refractivity contribution in [1.29, 1.82) is 0 Å². The van der Waals surface area contributed by atoms with E-state index < -0.39 is 0 Å². The zero-order valence-corrected chi connectivity index (χ0v) is 17.2. The van der Waals surface area contributed by atoms with E-state index in [2.05, 4.69) is 64.2 Å². The summed E-state index contributed by atoms with van der Waals surface area (Å²) in [5, 5.41) is 4.11. The Kier molecular flexibility index (Phi) is 4.43. The zero-order chi connectivity index (χ0) is 20.7. The summed E-state index contributed by atoms with van der Waals surface area (Å²) in [5.74, 6) is 0.801. The van der Waals surface area contributed by atoms with Gasteiger partial charge in [0.1, 0.15) is 5.76 Å². The van der Waals surface area contributed by atoms with Crippen LogP contribution >= 0.6 is 0 Å². The molecule has 0 spiro atoms. The number of benzene rings is 1. The number of aryl methyl sites for hydroxylation is 2. The summed E-state index contributed by atoms with van der Waals surface area (Å²) in [6.45, 7) is 6.11. The van der Waals surface area contributed by atoms with Crippen molar-refractivity contribution in [2.24, 2.45) is 0 Å². The van der Waals surface area contributed by atoms with Gasteiger partial charge in [-0.15, -0.1) is 0 Å². The molecule has 0 N–H and O–H groups in total. The second kappa shape index (κ2) is 7.26. The molecule has 148 valence electrons. The molecule has 0 aliphatic rings. The Balaban J connectivity index is 1.76. The standard InChI is InChI=1S/C25H22N4O/c1-16-24(18(3)30-28-16)21-12-23-25(27-14-21)22(20-10-7-11-26-13-20)15-29(23)17(2)19-8-5-4-6-9-19/h4-15,17H,1-3H3. The second-order valence-electron chi connectivity index (χ2n) is 7.57. The highest BCUT2D eigenvalue weighted by Crippen LogP contribution is 2.36. The fourth-order valence-corrected chi connectivity index (χ4v) is 4.11. The maximum absolute atomic E-state index is 5.39. The van der Waals surface area contributed by atoms with E-state index in [-0.39, 0.29) is 6.04 Å². The highest BCUT2D eigenvalue weighted by Gasteiger charge is 2.19. The van der Waals surface area contributed by atoms with Gasteiger partial charge in [-0.05, 0) is 38.5 Å². The molecule has 5 heteroatoms. The second-order valence-corrected chi connectivity index (χ2v) is 7.57. The number of nitrogens with zero attached hydrogens (tertiary/aromatic N) is 4. The first-order valence-corrected chi connectivity index (χ1v) is 10.0. The van der Waals surface area contributed by atoms with Crippen LogP contribution in [0.3, 0.4) is 0 Å². The van der Waals surface area contributed by atoms with Crippen LogP contribution < -0.4 is 0 Å². The van der Waals surface area contributed by atoms with E-state index in [4.69, 9.17) is 9.51 Å². The molecule has 5 rings (SSSR count). The van der Waals surface area contributed by atoms with Crippen molar-refractivity contribution in [3.05, 3.63) is 90.3 Å². The predicted molar refractivity (Wildman–Crippen MR) is 118 cm³/mol. The van der Waals surface area contributed by atoms with Crippen LogP contribution in [0, 0.1) is 13.8 Å². The summed E-state index contributed by atoms with van der Waals surface area (Å²) < 4.78 is 7.68. The van der Waals surface area contributed by atoms with E-state index in [1.807, 2.05) is 38.4 Å². The summed E-state index contributed by atoms with van der Waals surface area (Å²) in [7, 11) is 0. The molecule has 1 aromatic carbocycles. The van der Waals surface area contributed by atoms with Crippen LogP contribution in [0.1, 0.15) is 30.0 Å². The fraction of sp³-hybridized carbons (Fsp3) is 0.160. The van der Waals surface area contributed by atoms with Gasteiger partial charge in [0.15, 0.2) is 0 Å². The molecule has 30 heavy (non-hydrogen) atoms. The Morgan fingerprint density at radius 1 is 0.967 bits per heavy atom. The van der Waals surface area contributed by atoms with Gasteiger partial charge in [0.2, 0.25) is 0 Å². The highest BCUT2D eigenvalue weighted by atomic mass is 16.5. The lowest BCUT2D eigenvalue weighted by Crippen LogP contribution is -2.05. The van der Waals surface area contributed by atoms with Crippen molar-refractivity contribution in [2.45, 2.75) is 26.8 Å². The Morgan fingerprint density at radius 2 is 1.80 bits per heavy atom. The van der Waals surface area contributed by atoms with Gasteiger partial charge in [-0.2, -0.15) is 0 Å². The van der Waals surface area contributed by atoms with Gasteiger partial charge >= 0.3 is 0 Å². The number of hydrogen-bond acceptors (Lipinski definition) is 4. The van der Waals surface area contributed by atoms with E-state index in [1.54, 1.807) is 6.20 Å². The van der Waals surface area contributed by atoms with Crippen molar-refractivity contribution in [3.8, 4) is 22.3 Å². The molecule has 0 aliphatic heterocycles. The molecule has 0 radical (unpaired) electrons. The lowest BCUT2D eigenvalue weighted by Gasteiger charge is -2.16. The quantitative estimate of drug-likeness (QED) is 0.376. The topological polar surface area (TPSA) is 56.7 Å². The monoisotopic (exact) mass is 394 g/mol. The van der Waals surface area contributed by atoms with Crippen LogP contribution in [0.25, 0.3) is 33.3 Å². The number of fused-ring (bicyclic) bond motifs is 1. The van der Waals surface area contributed by atoms with Crippen molar-refractivity contribution in [3.63, 3.8) is 0 Å². The van der Waals surface area contributed by atoms with E-state index in [0.29, 0.717) is 0 Å². The van der Waals surface area contributed by atoms with Crippen molar-refractivity contribution >= 4 is 11.0 Å². The lowest BCUT2D eigenvalue weighted by molar-refractivity contribution is 0.393. The summed E-state index contributed by atoms with van der Waals surface area (Å²) in [4.78, 5) is 9.18. The zero-order valence-electron chi connectivity index (χ0n) is 17.2. The average molecular weight is 394 g/mol. The third kappa shape index (κ3) is 2.99. The molecule has 4 heterocycles. The lowest BCUT2D eigenvalue weighted by atomic mass is 10.0. The Bertz CT molecular complexity index is 1300. The van der Waals surface area contributed by atoms with E-state index >= 15 is 0 Å². The first-order valence-electron chi connectivity index (χ1n) is 10.0. The number of aromatic nitrogens is 4. The maximum Gasteiger partial charge on any atom is 0.141 e. The van der Waals surface area contributed by atoms with Crippen LogP contribution in [0.15, 0.2) is 77.8 Å². The molecule has 0 amide bonds. The minimum Gasteiger partial charge on any atom is -0.361 e. The third-order valence-corrected chi connectivity index (χ3v) is 5.66. The van der Waals surface area contributed by atoms with Gasteiger partial charge in [-0.25, -0.2) is 0 Å². The molecule has 1 atom stereocenters. The van der Waals surface area contributed by atoms with Gasteiger partial charge in [-0.1, -0.05) is 41.6 Å². The number of hydrogen-bond donors (Lipinski definition) is 0. The first kappa shape index (κ1) is 18.3. The molecule has 1 unspecified atom stereocenters. The fourth-order valence-electron chi connectivity index (χ4n) is 4.11. The summed E-state index contributed by atoms with van der Waals surface area (Å²) in [6, 6.07) is 16.9. The molecule has 0 saturated heterocycles. The molecule has 4 aromatic heterocycles. The maximum atomic E-state index is 5.39. The molecule has 0 fully saturated rings. The van der Waals surface area contributed by atoms with Crippen LogP contribution in [0.5, 0.6) is 0 Å². The first-order chi connectivity index (χ1) is 14.6. The van der Waals surface area contributed by atoms with Crippen molar-refractivity contribution in [2.75, 3.05) is 0 Å². The van der Waals surface area contributed by atoms with Gasteiger partial charge in [0.25, 0.3) is 0 Å². The SMILES string of the molecule is Cc1noc(C)c1-c1cnc2c(-c3cccnc3)cn(C(C)c3ccccc3)c2c1. The summed E-state index contributed by atoms with van der Waals surface area (Å²) >= 11 is 0. The van der Waals surface area contributed by atoms with Gasteiger partial charge < -0.3 is 9.09 Å². The van der Waals surface area contributed by atoms with Gasteiger partial charge in [0.05, 0.1) is 22.8 Å². The number of rotatable bonds is 4. The van der Waals surface area contributed by atoms with Crippen LogP contribution in [-0.2, 0) is 0 Å². The minimum absolute atomic E-state index is 0.154. The Hall–Kier alpha value is -3.73. The summed E-state index contributed by atoms with van der Waals surface area (Å²) in [6.07, 6.45) is 7.77. The number of pyridine rings is 2. The van der Waals surface area contributed by atoms with Crippen LogP contribution in [0.4, 0.5) is 0 Å². The Morgan fingerprint density at radius 3 is 2.50 bits per heavy atom. The average Bonchev–Trinajstić information content (AvgIpc) is 3.33. The van der Waals surface area contributed by atoms with Gasteiger partial charge in [-0.3, -0.25) is 9.97 Å². The highest BCUT2D eigenvalue weighted by molar-refractivity contribution is 5.95. The van der Waals surface area contributed by atoms with Crippen molar-refractivity contribution in [1.82, 2.24) is 19.7 Å². The molecular formula is C25H22N4O. The van der Waals surface area contributed by atoms with E-state index in [9.17, 15) is 0 Å². The largest absolute Gasteiger partial charge is 0.361 e. The molecule has 5 nitrogen and oxygen atoms in total. The van der Waals surface area contributed by atoms with Gasteiger partial charge in [0, 0.05) is 47.0 Å². The smallest absolute Gasteiger partial charge is 0.141 e. The summed E-state index contributed by atoms with van der Waals surface area (Å²) in [5.41, 5.74) is 8.29. The van der Waals surface area contributed by atoms with Crippen LogP contribution in [0.2, 0.25) is 0 Å².